The number of aromatic nitrogens is 2. The van der Waals surface area contributed by atoms with Gasteiger partial charge in [-0.25, -0.2) is 9.97 Å². The number of hydrogen-bond donors (Lipinski definition) is 0. The van der Waals surface area contributed by atoms with Crippen molar-refractivity contribution in [2.24, 2.45) is 0 Å². The van der Waals surface area contributed by atoms with Gasteiger partial charge in [0.25, 0.3) is 0 Å². The summed E-state index contributed by atoms with van der Waals surface area (Å²) < 4.78 is 5.31. The summed E-state index contributed by atoms with van der Waals surface area (Å²) in [5.74, 6) is 0.848. The number of para-hydroxylation sites is 1. The van der Waals surface area contributed by atoms with E-state index in [1.165, 1.54) is 0 Å². The first-order valence-electron chi connectivity index (χ1n) is 5.87. The van der Waals surface area contributed by atoms with Gasteiger partial charge in [0, 0.05) is 13.1 Å². The molecule has 5 heteroatoms. The van der Waals surface area contributed by atoms with E-state index in [-0.39, 0.29) is 0 Å². The number of ether oxygens (including phenoxy) is 1. The van der Waals surface area contributed by atoms with Gasteiger partial charge in [0.1, 0.15) is 17.4 Å². The molecular formula is C13H12N4O. The van der Waals surface area contributed by atoms with Crippen LogP contribution in [0.15, 0.2) is 24.4 Å². The van der Waals surface area contributed by atoms with Crippen molar-refractivity contribution < 1.29 is 4.74 Å². The fourth-order valence-corrected chi connectivity index (χ4v) is 2.07. The standard InChI is InChI=1S/C13H12N4O/c14-8-10-2-1-3-11-13(10)15-9-12(16-11)17-4-6-18-7-5-17/h1-3,9H,4-7H2. The van der Waals surface area contributed by atoms with Crippen molar-refractivity contribution >= 4 is 16.9 Å². The summed E-state index contributed by atoms with van der Waals surface area (Å²) in [5, 5.41) is 9.01. The first-order chi connectivity index (χ1) is 8.88. The molecule has 0 bridgehead atoms. The lowest BCUT2D eigenvalue weighted by Gasteiger charge is -2.27. The number of nitrogens with zero attached hydrogens (tertiary/aromatic N) is 4. The molecule has 1 fully saturated rings. The van der Waals surface area contributed by atoms with Crippen LogP contribution in [0.2, 0.25) is 0 Å². The van der Waals surface area contributed by atoms with Crippen LogP contribution in [-0.2, 0) is 4.74 Å². The highest BCUT2D eigenvalue weighted by Gasteiger charge is 2.13. The Morgan fingerprint density at radius 2 is 2.11 bits per heavy atom. The highest BCUT2D eigenvalue weighted by atomic mass is 16.5. The number of fused-ring (bicyclic) bond motifs is 1. The van der Waals surface area contributed by atoms with E-state index in [1.54, 1.807) is 12.3 Å². The number of anilines is 1. The third kappa shape index (κ3) is 1.87. The maximum atomic E-state index is 9.01. The molecule has 2 aromatic rings. The van der Waals surface area contributed by atoms with E-state index in [4.69, 9.17) is 10.00 Å². The summed E-state index contributed by atoms with van der Waals surface area (Å²) in [5.41, 5.74) is 1.99. The number of rotatable bonds is 1. The van der Waals surface area contributed by atoms with Gasteiger partial charge in [-0.15, -0.1) is 0 Å². The Bertz CT molecular complexity index is 614. The van der Waals surface area contributed by atoms with Crippen molar-refractivity contribution in [3.8, 4) is 6.07 Å². The van der Waals surface area contributed by atoms with Gasteiger partial charge in [-0.3, -0.25) is 0 Å². The van der Waals surface area contributed by atoms with E-state index in [1.807, 2.05) is 12.1 Å². The molecule has 1 saturated heterocycles. The van der Waals surface area contributed by atoms with Gasteiger partial charge >= 0.3 is 0 Å². The van der Waals surface area contributed by atoms with Crippen molar-refractivity contribution in [2.75, 3.05) is 31.2 Å². The number of morpholine rings is 1. The lowest BCUT2D eigenvalue weighted by molar-refractivity contribution is 0.122. The van der Waals surface area contributed by atoms with Crippen LogP contribution >= 0.6 is 0 Å². The van der Waals surface area contributed by atoms with E-state index in [0.717, 1.165) is 37.6 Å². The molecule has 0 N–H and O–H groups in total. The third-order valence-electron chi connectivity index (χ3n) is 3.01. The number of nitriles is 1. The Morgan fingerprint density at radius 1 is 1.28 bits per heavy atom. The van der Waals surface area contributed by atoms with Crippen molar-refractivity contribution in [1.82, 2.24) is 9.97 Å². The fourth-order valence-electron chi connectivity index (χ4n) is 2.07. The van der Waals surface area contributed by atoms with Crippen LogP contribution in [0.1, 0.15) is 5.56 Å². The SMILES string of the molecule is N#Cc1cccc2nc(N3CCOCC3)cnc12. The van der Waals surface area contributed by atoms with Gasteiger partial charge in [-0.2, -0.15) is 5.26 Å². The largest absolute Gasteiger partial charge is 0.378 e. The Morgan fingerprint density at radius 3 is 2.89 bits per heavy atom. The molecule has 0 aliphatic carbocycles. The second-order valence-electron chi connectivity index (χ2n) is 4.11. The third-order valence-corrected chi connectivity index (χ3v) is 3.01. The summed E-state index contributed by atoms with van der Waals surface area (Å²) in [4.78, 5) is 11.1. The molecular weight excluding hydrogens is 228 g/mol. The minimum atomic E-state index is 0.563. The lowest BCUT2D eigenvalue weighted by Crippen LogP contribution is -2.36. The van der Waals surface area contributed by atoms with E-state index in [0.29, 0.717) is 11.1 Å². The molecule has 0 amide bonds. The van der Waals surface area contributed by atoms with Crippen LogP contribution in [0.5, 0.6) is 0 Å². The molecule has 0 atom stereocenters. The molecule has 5 nitrogen and oxygen atoms in total. The highest BCUT2D eigenvalue weighted by molar-refractivity contribution is 5.81. The van der Waals surface area contributed by atoms with Gasteiger partial charge in [0.15, 0.2) is 0 Å². The van der Waals surface area contributed by atoms with Crippen molar-refractivity contribution in [3.63, 3.8) is 0 Å². The Hall–Kier alpha value is -2.19. The Balaban J connectivity index is 2.03. The van der Waals surface area contributed by atoms with Crippen molar-refractivity contribution in [3.05, 3.63) is 30.0 Å². The summed E-state index contributed by atoms with van der Waals surface area (Å²) >= 11 is 0. The summed E-state index contributed by atoms with van der Waals surface area (Å²) in [6, 6.07) is 7.60. The van der Waals surface area contributed by atoms with Gasteiger partial charge in [-0.05, 0) is 12.1 Å². The molecule has 0 unspecified atom stereocenters. The second-order valence-corrected chi connectivity index (χ2v) is 4.11. The second kappa shape index (κ2) is 4.59. The molecule has 0 radical (unpaired) electrons. The zero-order chi connectivity index (χ0) is 12.4. The number of benzene rings is 1. The van der Waals surface area contributed by atoms with E-state index >= 15 is 0 Å². The average molecular weight is 240 g/mol. The topological polar surface area (TPSA) is 62.0 Å². The molecule has 1 aromatic carbocycles. The molecule has 3 rings (SSSR count). The summed E-state index contributed by atoms with van der Waals surface area (Å²) in [6.07, 6.45) is 1.73. The van der Waals surface area contributed by atoms with Crippen LogP contribution < -0.4 is 4.90 Å². The lowest BCUT2D eigenvalue weighted by atomic mass is 10.2. The molecule has 1 aromatic heterocycles. The van der Waals surface area contributed by atoms with Crippen LogP contribution in [0.4, 0.5) is 5.82 Å². The maximum Gasteiger partial charge on any atom is 0.148 e. The van der Waals surface area contributed by atoms with E-state index < -0.39 is 0 Å². The minimum absolute atomic E-state index is 0.563. The van der Waals surface area contributed by atoms with E-state index in [9.17, 15) is 0 Å². The zero-order valence-electron chi connectivity index (χ0n) is 9.83. The van der Waals surface area contributed by atoms with Crippen LogP contribution in [-0.4, -0.2) is 36.3 Å². The predicted molar refractivity (Wildman–Crippen MR) is 67.3 cm³/mol. The first-order valence-corrected chi connectivity index (χ1v) is 5.87. The molecule has 2 heterocycles. The zero-order valence-corrected chi connectivity index (χ0v) is 9.83. The quantitative estimate of drug-likeness (QED) is 0.752. The van der Waals surface area contributed by atoms with Gasteiger partial charge in [0.05, 0.1) is 30.5 Å². The van der Waals surface area contributed by atoms with Crippen LogP contribution in [0, 0.1) is 11.3 Å². The van der Waals surface area contributed by atoms with Crippen molar-refractivity contribution in [1.29, 1.82) is 5.26 Å². The van der Waals surface area contributed by atoms with Crippen LogP contribution in [0.25, 0.3) is 11.0 Å². The molecule has 1 aliphatic rings. The van der Waals surface area contributed by atoms with Gasteiger partial charge in [0.2, 0.25) is 0 Å². The van der Waals surface area contributed by atoms with Crippen LogP contribution in [0.3, 0.4) is 0 Å². The van der Waals surface area contributed by atoms with Crippen molar-refractivity contribution in [2.45, 2.75) is 0 Å². The molecule has 0 saturated carbocycles. The maximum absolute atomic E-state index is 9.01. The monoisotopic (exact) mass is 240 g/mol. The summed E-state index contributed by atoms with van der Waals surface area (Å²) in [7, 11) is 0. The predicted octanol–water partition coefficient (Wildman–Crippen LogP) is 1.34. The molecule has 0 spiro atoms. The Labute approximate surface area is 105 Å². The summed E-state index contributed by atoms with van der Waals surface area (Å²) in [6.45, 7) is 3.10. The number of hydrogen-bond acceptors (Lipinski definition) is 5. The minimum Gasteiger partial charge on any atom is -0.378 e. The molecule has 1 aliphatic heterocycles. The first kappa shape index (κ1) is 10.9. The smallest absolute Gasteiger partial charge is 0.148 e. The molecule has 18 heavy (non-hydrogen) atoms. The average Bonchev–Trinajstić information content (AvgIpc) is 2.47. The van der Waals surface area contributed by atoms with E-state index in [2.05, 4.69) is 20.9 Å². The normalized spacial score (nSPS) is 15.6. The highest BCUT2D eigenvalue weighted by Crippen LogP contribution is 2.18. The molecule has 90 valence electrons. The van der Waals surface area contributed by atoms with Gasteiger partial charge in [-0.1, -0.05) is 6.07 Å². The fraction of sp³-hybridized carbons (Fsp3) is 0.308. The van der Waals surface area contributed by atoms with Gasteiger partial charge < -0.3 is 9.64 Å². The Kier molecular flexibility index (Phi) is 2.79.